The molecule has 1 aliphatic heterocycles. The van der Waals surface area contributed by atoms with Crippen LogP contribution in [0.25, 0.3) is 0 Å². The number of amides is 2. The summed E-state index contributed by atoms with van der Waals surface area (Å²) in [6.45, 7) is 2.20. The molecule has 3 rings (SSSR count). The van der Waals surface area contributed by atoms with Crippen molar-refractivity contribution in [3.05, 3.63) is 71.5 Å². The number of nitrogens with zero attached hydrogens (tertiary/aromatic N) is 2. The fraction of sp³-hybridized carbons (Fsp3) is 0.316. The maximum absolute atomic E-state index is 13.3. The summed E-state index contributed by atoms with van der Waals surface area (Å²) >= 11 is 0. The zero-order valence-corrected chi connectivity index (χ0v) is 13.6. The number of hydrogen-bond acceptors (Lipinski definition) is 2. The van der Waals surface area contributed by atoms with E-state index >= 15 is 0 Å². The van der Waals surface area contributed by atoms with Gasteiger partial charge in [0.15, 0.2) is 0 Å². The van der Waals surface area contributed by atoms with E-state index in [1.165, 1.54) is 12.1 Å². The summed E-state index contributed by atoms with van der Waals surface area (Å²) in [5, 5.41) is 0. The van der Waals surface area contributed by atoms with Gasteiger partial charge in [-0.25, -0.2) is 9.18 Å². The Hall–Kier alpha value is -2.40. The van der Waals surface area contributed by atoms with Crippen LogP contribution in [0.4, 0.5) is 9.18 Å². The molecule has 1 fully saturated rings. The van der Waals surface area contributed by atoms with Crippen molar-refractivity contribution in [2.75, 3.05) is 19.6 Å². The Morgan fingerprint density at radius 1 is 1.00 bits per heavy atom. The molecule has 1 aliphatic rings. The zero-order valence-electron chi connectivity index (χ0n) is 13.6. The first-order valence-electron chi connectivity index (χ1n) is 8.19. The van der Waals surface area contributed by atoms with Crippen molar-refractivity contribution in [3.8, 4) is 0 Å². The minimum atomic E-state index is -0.250. The predicted octanol–water partition coefficient (Wildman–Crippen LogP) is 2.63. The highest BCUT2D eigenvalue weighted by Crippen LogP contribution is 2.14. The van der Waals surface area contributed by atoms with E-state index in [9.17, 15) is 9.18 Å². The van der Waals surface area contributed by atoms with E-state index in [0.717, 1.165) is 11.1 Å². The Morgan fingerprint density at radius 2 is 1.71 bits per heavy atom. The Kier molecular flexibility index (Phi) is 5.11. The van der Waals surface area contributed by atoms with Crippen LogP contribution >= 0.6 is 0 Å². The second kappa shape index (κ2) is 7.45. The lowest BCUT2D eigenvalue weighted by Crippen LogP contribution is -2.58. The van der Waals surface area contributed by atoms with Gasteiger partial charge in [0.05, 0.1) is 0 Å². The van der Waals surface area contributed by atoms with Crippen LogP contribution in [0.15, 0.2) is 54.6 Å². The number of rotatable bonds is 5. The summed E-state index contributed by atoms with van der Waals surface area (Å²) < 4.78 is 13.3. The summed E-state index contributed by atoms with van der Waals surface area (Å²) in [5.74, 6) is -0.250. The van der Waals surface area contributed by atoms with Crippen LogP contribution in [0.1, 0.15) is 11.1 Å². The molecule has 24 heavy (non-hydrogen) atoms. The van der Waals surface area contributed by atoms with E-state index in [-0.39, 0.29) is 17.9 Å². The van der Waals surface area contributed by atoms with Crippen LogP contribution in [0.5, 0.6) is 0 Å². The minimum absolute atomic E-state index is 0.00282. The molecule has 1 unspecified atom stereocenters. The predicted molar refractivity (Wildman–Crippen MR) is 91.9 cm³/mol. The lowest BCUT2D eigenvalue weighted by atomic mass is 10.1. The fourth-order valence-corrected chi connectivity index (χ4v) is 3.06. The molecule has 2 aromatic rings. The lowest BCUT2D eigenvalue weighted by Gasteiger charge is -2.39. The molecule has 0 saturated carbocycles. The lowest BCUT2D eigenvalue weighted by molar-refractivity contribution is 0.118. The van der Waals surface area contributed by atoms with Crippen molar-refractivity contribution >= 4 is 6.03 Å². The second-order valence-electron chi connectivity index (χ2n) is 6.23. The number of urea groups is 1. The average molecular weight is 327 g/mol. The summed E-state index contributed by atoms with van der Waals surface area (Å²) in [5.41, 5.74) is 8.10. The molecule has 2 aromatic carbocycles. The first-order chi connectivity index (χ1) is 11.6. The van der Waals surface area contributed by atoms with Crippen LogP contribution in [-0.2, 0) is 13.0 Å². The van der Waals surface area contributed by atoms with Gasteiger partial charge in [-0.05, 0) is 29.7 Å². The van der Waals surface area contributed by atoms with Crippen molar-refractivity contribution in [3.63, 3.8) is 0 Å². The molecule has 0 bridgehead atoms. The summed E-state index contributed by atoms with van der Waals surface area (Å²) in [6.07, 6.45) is 0.620. The molecule has 0 aromatic heterocycles. The van der Waals surface area contributed by atoms with Crippen LogP contribution in [0, 0.1) is 5.82 Å². The molecule has 1 saturated heterocycles. The van der Waals surface area contributed by atoms with Gasteiger partial charge in [-0.3, -0.25) is 0 Å². The van der Waals surface area contributed by atoms with E-state index in [0.29, 0.717) is 32.6 Å². The van der Waals surface area contributed by atoms with Crippen molar-refractivity contribution in [1.29, 1.82) is 0 Å². The van der Waals surface area contributed by atoms with E-state index in [4.69, 9.17) is 5.73 Å². The van der Waals surface area contributed by atoms with Gasteiger partial charge in [0.25, 0.3) is 0 Å². The van der Waals surface area contributed by atoms with Crippen LogP contribution in [0.3, 0.4) is 0 Å². The molecular formula is C19H22FN3O. The first kappa shape index (κ1) is 16.5. The number of halogens is 1. The van der Waals surface area contributed by atoms with Crippen LogP contribution in [-0.4, -0.2) is 41.5 Å². The third kappa shape index (κ3) is 4.11. The zero-order chi connectivity index (χ0) is 16.9. The van der Waals surface area contributed by atoms with Crippen LogP contribution < -0.4 is 5.73 Å². The molecule has 2 amide bonds. The summed E-state index contributed by atoms with van der Waals surface area (Å²) in [6, 6.07) is 16.3. The number of carbonyl (C=O) groups excluding carboxylic acids is 1. The molecular weight excluding hydrogens is 305 g/mol. The monoisotopic (exact) mass is 327 g/mol. The number of nitrogens with two attached hydrogens (primary N) is 1. The first-order valence-corrected chi connectivity index (χ1v) is 8.19. The third-order valence-corrected chi connectivity index (χ3v) is 4.23. The molecule has 0 aliphatic carbocycles. The van der Waals surface area contributed by atoms with Gasteiger partial charge in [-0.2, -0.15) is 0 Å². The molecule has 1 atom stereocenters. The quantitative estimate of drug-likeness (QED) is 0.918. The Bertz CT molecular complexity index is 692. The Balaban J connectivity index is 1.63. The average Bonchev–Trinajstić information content (AvgIpc) is 2.57. The second-order valence-corrected chi connectivity index (χ2v) is 6.23. The highest BCUT2D eigenvalue weighted by molar-refractivity contribution is 5.75. The fourth-order valence-electron chi connectivity index (χ4n) is 3.06. The highest BCUT2D eigenvalue weighted by atomic mass is 19.1. The standard InChI is InChI=1S/C19H22FN3O/c20-17-8-4-7-15(11-17)9-10-22-13-18(21)14-23(19(22)24)12-16-5-2-1-3-6-16/h1-8,11,18H,9-10,12-14,21H2. The van der Waals surface area contributed by atoms with Crippen molar-refractivity contribution < 1.29 is 9.18 Å². The van der Waals surface area contributed by atoms with E-state index in [1.807, 2.05) is 36.4 Å². The maximum Gasteiger partial charge on any atom is 0.320 e. The van der Waals surface area contributed by atoms with Crippen molar-refractivity contribution in [2.45, 2.75) is 19.0 Å². The van der Waals surface area contributed by atoms with Crippen molar-refractivity contribution in [1.82, 2.24) is 9.80 Å². The topological polar surface area (TPSA) is 49.6 Å². The summed E-state index contributed by atoms with van der Waals surface area (Å²) in [4.78, 5) is 16.2. The van der Waals surface area contributed by atoms with E-state index in [1.54, 1.807) is 15.9 Å². The van der Waals surface area contributed by atoms with Gasteiger partial charge in [0.2, 0.25) is 0 Å². The molecule has 2 N–H and O–H groups in total. The van der Waals surface area contributed by atoms with E-state index in [2.05, 4.69) is 0 Å². The molecule has 5 heteroatoms. The third-order valence-electron chi connectivity index (χ3n) is 4.23. The molecule has 1 heterocycles. The summed E-state index contributed by atoms with van der Waals surface area (Å²) in [7, 11) is 0. The molecule has 0 radical (unpaired) electrons. The van der Waals surface area contributed by atoms with Gasteiger partial charge in [0, 0.05) is 32.2 Å². The number of benzene rings is 2. The van der Waals surface area contributed by atoms with E-state index < -0.39 is 0 Å². The smallest absolute Gasteiger partial charge is 0.320 e. The molecule has 4 nitrogen and oxygen atoms in total. The Morgan fingerprint density at radius 3 is 2.46 bits per heavy atom. The largest absolute Gasteiger partial charge is 0.325 e. The molecule has 0 spiro atoms. The Labute approximate surface area is 141 Å². The number of hydrogen-bond donors (Lipinski definition) is 1. The number of carbonyl (C=O) groups is 1. The van der Waals surface area contributed by atoms with Gasteiger partial charge in [-0.1, -0.05) is 42.5 Å². The van der Waals surface area contributed by atoms with Gasteiger partial charge in [-0.15, -0.1) is 0 Å². The van der Waals surface area contributed by atoms with Gasteiger partial charge >= 0.3 is 6.03 Å². The van der Waals surface area contributed by atoms with Gasteiger partial charge < -0.3 is 15.5 Å². The highest BCUT2D eigenvalue weighted by Gasteiger charge is 2.29. The maximum atomic E-state index is 13.3. The van der Waals surface area contributed by atoms with Crippen LogP contribution in [0.2, 0.25) is 0 Å². The van der Waals surface area contributed by atoms with Gasteiger partial charge in [0.1, 0.15) is 5.82 Å². The SMILES string of the molecule is NC1CN(CCc2cccc(F)c2)C(=O)N(Cc2ccccc2)C1. The normalized spacial score (nSPS) is 18.1. The van der Waals surface area contributed by atoms with Crippen molar-refractivity contribution in [2.24, 2.45) is 5.73 Å². The molecule has 126 valence electrons. The minimum Gasteiger partial charge on any atom is -0.325 e.